The number of rotatable bonds is 0. The second kappa shape index (κ2) is 5.18. The van der Waals surface area contributed by atoms with E-state index in [4.69, 9.17) is 0 Å². The van der Waals surface area contributed by atoms with E-state index in [1.54, 1.807) is 0 Å². The highest BCUT2D eigenvalue weighted by Gasteiger charge is 2.21. The van der Waals surface area contributed by atoms with Gasteiger partial charge in [0.2, 0.25) is 0 Å². The third kappa shape index (κ3) is 2.41. The van der Waals surface area contributed by atoms with E-state index in [2.05, 4.69) is 74.3 Å². The Kier molecular flexibility index (Phi) is 3.58. The van der Waals surface area contributed by atoms with Gasteiger partial charge < -0.3 is 0 Å². The lowest BCUT2D eigenvalue weighted by Gasteiger charge is -2.24. The maximum atomic E-state index is 3.56. The fraction of sp³-hybridized carbons (Fsp3) is 0.250. The molecule has 0 fully saturated rings. The molecule has 0 radical (unpaired) electrons. The van der Waals surface area contributed by atoms with E-state index in [-0.39, 0.29) is 0 Å². The number of benzene rings is 2. The van der Waals surface area contributed by atoms with Crippen LogP contribution in [-0.4, -0.2) is 0 Å². The zero-order chi connectivity index (χ0) is 12.5. The normalized spacial score (nSPS) is 18.4. The molecule has 2 heteroatoms. The number of halogens is 2. The minimum absolute atomic E-state index is 0.633. The fourth-order valence-electron chi connectivity index (χ4n) is 2.36. The molecular weight excluding hydrogens is 352 g/mol. The van der Waals surface area contributed by atoms with Crippen LogP contribution in [0, 0.1) is 0 Å². The highest BCUT2D eigenvalue weighted by molar-refractivity contribution is 9.10. The molecule has 2 aliphatic carbocycles. The molecule has 0 spiro atoms. The van der Waals surface area contributed by atoms with Crippen LogP contribution in [-0.2, 0) is 19.3 Å². The second-order valence-electron chi connectivity index (χ2n) is 4.78. The van der Waals surface area contributed by atoms with E-state index in [9.17, 15) is 0 Å². The number of hydrogen-bond donors (Lipinski definition) is 0. The van der Waals surface area contributed by atoms with Gasteiger partial charge in [0.25, 0.3) is 0 Å². The molecule has 18 heavy (non-hydrogen) atoms. The van der Waals surface area contributed by atoms with Crippen molar-refractivity contribution in [3.8, 4) is 0 Å². The van der Waals surface area contributed by atoms with Gasteiger partial charge in [-0.15, -0.1) is 0 Å². The standard InChI is InChI=1S/2C8H7Br/c9-8-4-3-6-1-2-7(6)5-8;9-8-5-6-3-1-2-4-7(6)8/h3-5H,1-2H2;1-4,8H,5H2. The van der Waals surface area contributed by atoms with E-state index in [1.807, 2.05) is 0 Å². The summed E-state index contributed by atoms with van der Waals surface area (Å²) in [7, 11) is 0. The predicted molar refractivity (Wildman–Crippen MR) is 83.4 cm³/mol. The SMILES string of the molecule is BrC1Cc2ccccc21.Brc1ccc2c(c1)CC2. The highest BCUT2D eigenvalue weighted by atomic mass is 79.9. The summed E-state index contributed by atoms with van der Waals surface area (Å²) in [5.41, 5.74) is 6.01. The van der Waals surface area contributed by atoms with Crippen LogP contribution in [0.25, 0.3) is 0 Å². The molecule has 0 heterocycles. The van der Waals surface area contributed by atoms with E-state index >= 15 is 0 Å². The summed E-state index contributed by atoms with van der Waals surface area (Å²) in [5.74, 6) is 0. The minimum Gasteiger partial charge on any atom is -0.0835 e. The van der Waals surface area contributed by atoms with Crippen molar-refractivity contribution in [2.24, 2.45) is 0 Å². The second-order valence-corrected chi connectivity index (χ2v) is 6.80. The first-order valence-electron chi connectivity index (χ1n) is 6.23. The average Bonchev–Trinajstić information content (AvgIpc) is 2.33. The fourth-order valence-corrected chi connectivity index (χ4v) is 3.57. The maximum Gasteiger partial charge on any atom is 0.0438 e. The van der Waals surface area contributed by atoms with Crippen LogP contribution in [0.4, 0.5) is 0 Å². The van der Waals surface area contributed by atoms with Gasteiger partial charge in [0.15, 0.2) is 0 Å². The van der Waals surface area contributed by atoms with Gasteiger partial charge in [-0.05, 0) is 53.6 Å². The Bertz CT molecular complexity index is 575. The molecule has 4 rings (SSSR count). The van der Waals surface area contributed by atoms with Crippen LogP contribution >= 0.6 is 31.9 Å². The summed E-state index contributed by atoms with van der Waals surface area (Å²) in [6.07, 6.45) is 3.76. The quantitative estimate of drug-likeness (QED) is 0.561. The molecule has 0 bridgehead atoms. The molecule has 0 amide bonds. The topological polar surface area (TPSA) is 0 Å². The smallest absolute Gasteiger partial charge is 0.0438 e. The van der Waals surface area contributed by atoms with E-state index in [0.29, 0.717) is 4.83 Å². The summed E-state index contributed by atoms with van der Waals surface area (Å²) in [5, 5.41) is 0. The molecule has 0 saturated carbocycles. The van der Waals surface area contributed by atoms with Crippen molar-refractivity contribution < 1.29 is 0 Å². The van der Waals surface area contributed by atoms with Crippen LogP contribution in [0.2, 0.25) is 0 Å². The van der Waals surface area contributed by atoms with Crippen LogP contribution in [0.3, 0.4) is 0 Å². The molecule has 0 aromatic heterocycles. The van der Waals surface area contributed by atoms with Gasteiger partial charge in [-0.25, -0.2) is 0 Å². The molecule has 1 unspecified atom stereocenters. The van der Waals surface area contributed by atoms with E-state index in [1.165, 1.54) is 46.0 Å². The molecule has 0 nitrogen and oxygen atoms in total. The Hall–Kier alpha value is -0.600. The van der Waals surface area contributed by atoms with Crippen molar-refractivity contribution in [3.05, 3.63) is 69.2 Å². The van der Waals surface area contributed by atoms with Gasteiger partial charge in [0, 0.05) is 9.30 Å². The van der Waals surface area contributed by atoms with Crippen molar-refractivity contribution in [3.63, 3.8) is 0 Å². The van der Waals surface area contributed by atoms with Crippen molar-refractivity contribution in [1.29, 1.82) is 0 Å². The lowest BCUT2D eigenvalue weighted by Crippen LogP contribution is -2.10. The predicted octanol–water partition coefficient (Wildman–Crippen LogP) is 5.23. The molecule has 0 N–H and O–H groups in total. The Morgan fingerprint density at radius 3 is 2.17 bits per heavy atom. The molecule has 1 atom stereocenters. The van der Waals surface area contributed by atoms with Crippen LogP contribution in [0.5, 0.6) is 0 Å². The number of hydrogen-bond acceptors (Lipinski definition) is 0. The number of alkyl halides is 1. The third-order valence-corrected chi connectivity index (χ3v) is 4.93. The molecule has 2 aliphatic rings. The first-order valence-corrected chi connectivity index (χ1v) is 7.94. The first-order chi connectivity index (χ1) is 8.74. The minimum atomic E-state index is 0.633. The zero-order valence-corrected chi connectivity index (χ0v) is 13.2. The third-order valence-electron chi connectivity index (χ3n) is 3.62. The number of fused-ring (bicyclic) bond motifs is 2. The Balaban J connectivity index is 0.000000111. The summed E-state index contributed by atoms with van der Waals surface area (Å²) in [6, 6.07) is 15.1. The largest absolute Gasteiger partial charge is 0.0835 e. The molecule has 2 aromatic rings. The average molecular weight is 366 g/mol. The Morgan fingerprint density at radius 1 is 0.889 bits per heavy atom. The summed E-state index contributed by atoms with van der Waals surface area (Å²) >= 11 is 6.99. The van der Waals surface area contributed by atoms with Gasteiger partial charge in [0.1, 0.15) is 0 Å². The lowest BCUT2D eigenvalue weighted by atomic mass is 9.89. The summed E-state index contributed by atoms with van der Waals surface area (Å²) in [6.45, 7) is 0. The van der Waals surface area contributed by atoms with E-state index < -0.39 is 0 Å². The van der Waals surface area contributed by atoms with Crippen LogP contribution < -0.4 is 0 Å². The lowest BCUT2D eigenvalue weighted by molar-refractivity contribution is 0.830. The van der Waals surface area contributed by atoms with Crippen LogP contribution in [0.1, 0.15) is 27.1 Å². The molecular formula is C16H14Br2. The highest BCUT2D eigenvalue weighted by Crippen LogP contribution is 2.38. The van der Waals surface area contributed by atoms with Gasteiger partial charge in [0.05, 0.1) is 0 Å². The van der Waals surface area contributed by atoms with Gasteiger partial charge in [-0.1, -0.05) is 62.2 Å². The van der Waals surface area contributed by atoms with Crippen molar-refractivity contribution >= 4 is 31.9 Å². The summed E-state index contributed by atoms with van der Waals surface area (Å²) in [4.78, 5) is 0.633. The molecule has 2 aromatic carbocycles. The maximum absolute atomic E-state index is 3.56. The zero-order valence-electron chi connectivity index (χ0n) is 10.00. The monoisotopic (exact) mass is 364 g/mol. The Labute approximate surface area is 125 Å². The van der Waals surface area contributed by atoms with Crippen molar-refractivity contribution in [2.75, 3.05) is 0 Å². The molecule has 0 saturated heterocycles. The van der Waals surface area contributed by atoms with Crippen molar-refractivity contribution in [1.82, 2.24) is 0 Å². The summed E-state index contributed by atoms with van der Waals surface area (Å²) < 4.78 is 1.21. The van der Waals surface area contributed by atoms with Gasteiger partial charge >= 0.3 is 0 Å². The molecule has 0 aliphatic heterocycles. The van der Waals surface area contributed by atoms with Crippen LogP contribution in [0.15, 0.2) is 46.9 Å². The van der Waals surface area contributed by atoms with Gasteiger partial charge in [-0.2, -0.15) is 0 Å². The van der Waals surface area contributed by atoms with Gasteiger partial charge in [-0.3, -0.25) is 0 Å². The first kappa shape index (κ1) is 12.4. The number of aryl methyl sites for hydroxylation is 2. The van der Waals surface area contributed by atoms with Crippen molar-refractivity contribution in [2.45, 2.75) is 24.1 Å². The molecule has 92 valence electrons. The van der Waals surface area contributed by atoms with E-state index in [0.717, 1.165) is 0 Å². The Morgan fingerprint density at radius 2 is 1.67 bits per heavy atom.